The summed E-state index contributed by atoms with van der Waals surface area (Å²) in [4.78, 5) is 24.4. The maximum Gasteiger partial charge on any atom is 0.303 e. The molecule has 4 heteroatoms. The summed E-state index contributed by atoms with van der Waals surface area (Å²) in [6.45, 7) is 5.65. The summed E-state index contributed by atoms with van der Waals surface area (Å²) in [5.41, 5.74) is 0. The molecule has 1 saturated heterocycles. The predicted molar refractivity (Wildman–Crippen MR) is 65.6 cm³/mol. The van der Waals surface area contributed by atoms with Gasteiger partial charge in [-0.25, -0.2) is 0 Å². The maximum absolute atomic E-state index is 11.9. The number of amides is 1. The normalized spacial score (nSPS) is 19.1. The van der Waals surface area contributed by atoms with Gasteiger partial charge in [-0.1, -0.05) is 20.3 Å². The van der Waals surface area contributed by atoms with Gasteiger partial charge in [-0.15, -0.1) is 0 Å². The lowest BCUT2D eigenvalue weighted by Crippen LogP contribution is -2.39. The minimum atomic E-state index is -0.727. The standard InChI is InChI=1S/C13H23NO3/c1-3-10(2)8-12(15)14-6-4-11(5-7-14)9-13(16)17/h10-11H,3-9H2,1-2H3,(H,16,17)/t10-/m0/s1. The first-order valence-corrected chi connectivity index (χ1v) is 6.52. The molecule has 1 N–H and O–H groups in total. The maximum atomic E-state index is 11.9. The third kappa shape index (κ3) is 4.75. The molecule has 1 rings (SSSR count). The van der Waals surface area contributed by atoms with Gasteiger partial charge < -0.3 is 10.0 Å². The number of carboxylic acid groups (broad SMARTS) is 1. The summed E-state index contributed by atoms with van der Waals surface area (Å²) >= 11 is 0. The molecular weight excluding hydrogens is 218 g/mol. The van der Waals surface area contributed by atoms with E-state index in [9.17, 15) is 9.59 Å². The van der Waals surface area contributed by atoms with Gasteiger partial charge >= 0.3 is 5.97 Å². The Morgan fingerprint density at radius 1 is 1.35 bits per heavy atom. The first kappa shape index (κ1) is 14.0. The number of nitrogens with zero attached hydrogens (tertiary/aromatic N) is 1. The van der Waals surface area contributed by atoms with E-state index in [4.69, 9.17) is 5.11 Å². The molecule has 4 nitrogen and oxygen atoms in total. The fourth-order valence-corrected chi connectivity index (χ4v) is 2.20. The van der Waals surface area contributed by atoms with Crippen LogP contribution in [0.1, 0.15) is 46.0 Å². The number of hydrogen-bond donors (Lipinski definition) is 1. The first-order chi connectivity index (χ1) is 8.02. The molecule has 98 valence electrons. The van der Waals surface area contributed by atoms with Crippen molar-refractivity contribution in [3.8, 4) is 0 Å². The number of piperidine rings is 1. The predicted octanol–water partition coefficient (Wildman–Crippen LogP) is 2.14. The van der Waals surface area contributed by atoms with E-state index in [-0.39, 0.29) is 18.2 Å². The van der Waals surface area contributed by atoms with Crippen molar-refractivity contribution in [1.82, 2.24) is 4.90 Å². The van der Waals surface area contributed by atoms with Crippen molar-refractivity contribution in [3.05, 3.63) is 0 Å². The molecule has 0 aliphatic carbocycles. The second kappa shape index (κ2) is 6.62. The zero-order valence-electron chi connectivity index (χ0n) is 10.8. The van der Waals surface area contributed by atoms with Crippen LogP contribution < -0.4 is 0 Å². The molecule has 0 saturated carbocycles. The fraction of sp³-hybridized carbons (Fsp3) is 0.846. The number of carbonyl (C=O) groups excluding carboxylic acids is 1. The molecule has 1 fully saturated rings. The summed E-state index contributed by atoms with van der Waals surface area (Å²) in [5.74, 6) is 0.196. The number of likely N-dealkylation sites (tertiary alicyclic amines) is 1. The average Bonchev–Trinajstić information content (AvgIpc) is 2.28. The van der Waals surface area contributed by atoms with Crippen molar-refractivity contribution in [1.29, 1.82) is 0 Å². The number of rotatable bonds is 5. The lowest BCUT2D eigenvalue weighted by Gasteiger charge is -2.32. The Morgan fingerprint density at radius 2 is 1.94 bits per heavy atom. The minimum Gasteiger partial charge on any atom is -0.481 e. The highest BCUT2D eigenvalue weighted by Crippen LogP contribution is 2.21. The van der Waals surface area contributed by atoms with Crippen LogP contribution in [0.2, 0.25) is 0 Å². The zero-order chi connectivity index (χ0) is 12.8. The van der Waals surface area contributed by atoms with E-state index in [0.717, 1.165) is 32.4 Å². The molecule has 0 unspecified atom stereocenters. The van der Waals surface area contributed by atoms with Crippen LogP contribution in [-0.2, 0) is 9.59 Å². The second-order valence-electron chi connectivity index (χ2n) is 5.14. The fourth-order valence-electron chi connectivity index (χ4n) is 2.20. The molecule has 1 atom stereocenters. The summed E-state index contributed by atoms with van der Waals surface area (Å²) in [7, 11) is 0. The highest BCUT2D eigenvalue weighted by atomic mass is 16.4. The van der Waals surface area contributed by atoms with Crippen LogP contribution >= 0.6 is 0 Å². The van der Waals surface area contributed by atoms with Crippen molar-refractivity contribution in [2.75, 3.05) is 13.1 Å². The Balaban J connectivity index is 2.31. The van der Waals surface area contributed by atoms with Gasteiger partial charge in [0.05, 0.1) is 0 Å². The van der Waals surface area contributed by atoms with Crippen molar-refractivity contribution in [3.63, 3.8) is 0 Å². The quantitative estimate of drug-likeness (QED) is 0.802. The third-order valence-electron chi connectivity index (χ3n) is 3.65. The Hall–Kier alpha value is -1.06. The molecule has 0 aromatic rings. The van der Waals surface area contributed by atoms with Gasteiger partial charge in [-0.3, -0.25) is 9.59 Å². The van der Waals surface area contributed by atoms with Crippen LogP contribution in [0.15, 0.2) is 0 Å². The van der Waals surface area contributed by atoms with Crippen LogP contribution in [0, 0.1) is 11.8 Å². The van der Waals surface area contributed by atoms with Crippen LogP contribution in [0.25, 0.3) is 0 Å². The highest BCUT2D eigenvalue weighted by molar-refractivity contribution is 5.76. The second-order valence-corrected chi connectivity index (χ2v) is 5.14. The van der Waals surface area contributed by atoms with Gasteiger partial charge in [-0.2, -0.15) is 0 Å². The van der Waals surface area contributed by atoms with Crippen LogP contribution in [0.5, 0.6) is 0 Å². The molecule has 0 radical (unpaired) electrons. The van der Waals surface area contributed by atoms with E-state index in [1.165, 1.54) is 0 Å². The Morgan fingerprint density at radius 3 is 2.41 bits per heavy atom. The SMILES string of the molecule is CC[C@H](C)CC(=O)N1CCC(CC(=O)O)CC1. The Kier molecular flexibility index (Phi) is 5.45. The molecule has 17 heavy (non-hydrogen) atoms. The van der Waals surface area contributed by atoms with Crippen LogP contribution in [0.3, 0.4) is 0 Å². The van der Waals surface area contributed by atoms with Crippen molar-refractivity contribution in [2.24, 2.45) is 11.8 Å². The third-order valence-corrected chi connectivity index (χ3v) is 3.65. The van der Waals surface area contributed by atoms with Crippen LogP contribution in [-0.4, -0.2) is 35.0 Å². The Labute approximate surface area is 103 Å². The molecule has 1 aliphatic heterocycles. The Bertz CT molecular complexity index is 270. The van der Waals surface area contributed by atoms with Crippen molar-refractivity contribution in [2.45, 2.75) is 46.0 Å². The van der Waals surface area contributed by atoms with Crippen molar-refractivity contribution < 1.29 is 14.7 Å². The molecule has 1 heterocycles. The van der Waals surface area contributed by atoms with Gasteiger partial charge in [0.1, 0.15) is 0 Å². The van der Waals surface area contributed by atoms with E-state index < -0.39 is 5.97 Å². The van der Waals surface area contributed by atoms with E-state index >= 15 is 0 Å². The lowest BCUT2D eigenvalue weighted by atomic mass is 9.93. The molecule has 0 aromatic heterocycles. The summed E-state index contributed by atoms with van der Waals surface area (Å²) in [5, 5.41) is 8.71. The van der Waals surface area contributed by atoms with E-state index in [0.29, 0.717) is 12.3 Å². The average molecular weight is 241 g/mol. The van der Waals surface area contributed by atoms with Crippen molar-refractivity contribution >= 4 is 11.9 Å². The van der Waals surface area contributed by atoms with Gasteiger partial charge in [0.2, 0.25) is 5.91 Å². The van der Waals surface area contributed by atoms with Gasteiger partial charge in [-0.05, 0) is 24.7 Å². The van der Waals surface area contributed by atoms with Crippen LogP contribution in [0.4, 0.5) is 0 Å². The molecule has 0 spiro atoms. The molecule has 1 aliphatic rings. The molecular formula is C13H23NO3. The summed E-state index contributed by atoms with van der Waals surface area (Å²) < 4.78 is 0. The van der Waals surface area contributed by atoms with Gasteiger partial charge in [0.25, 0.3) is 0 Å². The van der Waals surface area contributed by atoms with Gasteiger partial charge in [0, 0.05) is 25.9 Å². The number of hydrogen-bond acceptors (Lipinski definition) is 2. The summed E-state index contributed by atoms with van der Waals surface area (Å²) in [6, 6.07) is 0. The number of aliphatic carboxylic acids is 1. The molecule has 0 bridgehead atoms. The zero-order valence-corrected chi connectivity index (χ0v) is 10.8. The monoisotopic (exact) mass is 241 g/mol. The molecule has 1 amide bonds. The van der Waals surface area contributed by atoms with E-state index in [2.05, 4.69) is 13.8 Å². The minimum absolute atomic E-state index is 0.230. The lowest BCUT2D eigenvalue weighted by molar-refractivity contribution is -0.138. The van der Waals surface area contributed by atoms with Gasteiger partial charge in [0.15, 0.2) is 0 Å². The number of carbonyl (C=O) groups is 2. The van der Waals surface area contributed by atoms with E-state index in [1.54, 1.807) is 0 Å². The highest BCUT2D eigenvalue weighted by Gasteiger charge is 2.24. The molecule has 0 aromatic carbocycles. The topological polar surface area (TPSA) is 57.6 Å². The largest absolute Gasteiger partial charge is 0.481 e. The first-order valence-electron chi connectivity index (χ1n) is 6.52. The van der Waals surface area contributed by atoms with E-state index in [1.807, 2.05) is 4.90 Å². The summed E-state index contributed by atoms with van der Waals surface area (Å²) in [6.07, 6.45) is 3.56. The number of carboxylic acids is 1. The smallest absolute Gasteiger partial charge is 0.303 e.